The van der Waals surface area contributed by atoms with Gasteiger partial charge in [-0.05, 0) is 30.0 Å². The van der Waals surface area contributed by atoms with E-state index in [4.69, 9.17) is 9.78 Å². The molecular weight excluding hydrogens is 260 g/mol. The summed E-state index contributed by atoms with van der Waals surface area (Å²) in [7, 11) is 0. The molecule has 3 heterocycles. The van der Waals surface area contributed by atoms with Crippen LogP contribution in [0.5, 0.6) is 0 Å². The molecule has 0 aromatic carbocycles. The number of thiophene rings is 1. The number of pyridine rings is 1. The van der Waals surface area contributed by atoms with E-state index in [0.717, 1.165) is 11.1 Å². The molecule has 6 heteroatoms. The van der Waals surface area contributed by atoms with Crippen LogP contribution in [0.1, 0.15) is 11.1 Å². The first-order valence-corrected chi connectivity index (χ1v) is 6.45. The molecule has 19 heavy (non-hydrogen) atoms. The van der Waals surface area contributed by atoms with E-state index in [0.29, 0.717) is 23.0 Å². The van der Waals surface area contributed by atoms with Crippen LogP contribution in [0.15, 0.2) is 33.6 Å². The molecule has 0 amide bonds. The van der Waals surface area contributed by atoms with Gasteiger partial charge in [-0.1, -0.05) is 5.16 Å². The minimum atomic E-state index is 0.352. The monoisotopic (exact) mass is 268 g/mol. The van der Waals surface area contributed by atoms with Crippen molar-refractivity contribution in [1.29, 1.82) is 5.26 Å². The SMILES string of the molecule is Cc1cscc1-c1noc(-c2ccc(C#N)cn2)n1. The maximum absolute atomic E-state index is 8.72. The molecule has 0 bridgehead atoms. The Hall–Kier alpha value is -2.52. The average Bonchev–Trinajstić information content (AvgIpc) is 3.07. The zero-order valence-electron chi connectivity index (χ0n) is 9.99. The Morgan fingerprint density at radius 3 is 2.84 bits per heavy atom. The van der Waals surface area contributed by atoms with E-state index >= 15 is 0 Å². The standard InChI is InChI=1S/C13H8N4OS/c1-8-6-19-7-10(8)12-16-13(18-17-12)11-3-2-9(4-14)5-15-11/h2-3,5-7H,1H3. The average molecular weight is 268 g/mol. The third-order valence-corrected chi connectivity index (χ3v) is 3.50. The lowest BCUT2D eigenvalue weighted by Gasteiger charge is -1.92. The summed E-state index contributed by atoms with van der Waals surface area (Å²) >= 11 is 1.60. The molecule has 5 nitrogen and oxygen atoms in total. The van der Waals surface area contributed by atoms with Crippen molar-refractivity contribution in [1.82, 2.24) is 15.1 Å². The number of nitriles is 1. The van der Waals surface area contributed by atoms with Crippen molar-refractivity contribution < 1.29 is 4.52 Å². The molecular formula is C13H8N4OS. The zero-order chi connectivity index (χ0) is 13.2. The molecule has 0 aliphatic rings. The Morgan fingerprint density at radius 2 is 2.21 bits per heavy atom. The van der Waals surface area contributed by atoms with Gasteiger partial charge >= 0.3 is 0 Å². The Bertz CT molecular complexity index is 752. The molecule has 0 saturated heterocycles. The van der Waals surface area contributed by atoms with Gasteiger partial charge in [0.05, 0.1) is 5.56 Å². The summed E-state index contributed by atoms with van der Waals surface area (Å²) in [5.41, 5.74) is 3.14. The van der Waals surface area contributed by atoms with Gasteiger partial charge in [-0.15, -0.1) is 0 Å². The first-order valence-electron chi connectivity index (χ1n) is 5.51. The number of hydrogen-bond acceptors (Lipinski definition) is 6. The fraction of sp³-hybridized carbons (Fsp3) is 0.0769. The normalized spacial score (nSPS) is 10.3. The molecule has 92 valence electrons. The van der Waals surface area contributed by atoms with Crippen LogP contribution in [0.25, 0.3) is 23.0 Å². The minimum Gasteiger partial charge on any atom is -0.332 e. The second-order valence-electron chi connectivity index (χ2n) is 3.94. The lowest BCUT2D eigenvalue weighted by Crippen LogP contribution is -1.85. The summed E-state index contributed by atoms with van der Waals surface area (Å²) in [5.74, 6) is 0.907. The Labute approximate surface area is 113 Å². The first kappa shape index (κ1) is 11.6. The van der Waals surface area contributed by atoms with Gasteiger partial charge in [-0.3, -0.25) is 0 Å². The van der Waals surface area contributed by atoms with Crippen molar-refractivity contribution in [2.24, 2.45) is 0 Å². The van der Waals surface area contributed by atoms with Crippen LogP contribution in [0, 0.1) is 18.3 Å². The molecule has 0 unspecified atom stereocenters. The molecule has 0 aliphatic carbocycles. The molecule has 0 saturated carbocycles. The Kier molecular flexibility index (Phi) is 2.82. The second kappa shape index (κ2) is 4.63. The maximum atomic E-state index is 8.72. The van der Waals surface area contributed by atoms with Gasteiger partial charge in [0.25, 0.3) is 5.89 Å². The summed E-state index contributed by atoms with van der Waals surface area (Å²) in [4.78, 5) is 8.44. The molecule has 0 fully saturated rings. The fourth-order valence-corrected chi connectivity index (χ4v) is 2.44. The van der Waals surface area contributed by atoms with Crippen LogP contribution in [-0.2, 0) is 0 Å². The lowest BCUT2D eigenvalue weighted by molar-refractivity contribution is 0.431. The van der Waals surface area contributed by atoms with Crippen LogP contribution in [0.2, 0.25) is 0 Å². The van der Waals surface area contributed by atoms with Gasteiger partial charge in [-0.25, -0.2) is 4.98 Å². The summed E-state index contributed by atoms with van der Waals surface area (Å²) in [6, 6.07) is 5.37. The zero-order valence-corrected chi connectivity index (χ0v) is 10.8. The van der Waals surface area contributed by atoms with E-state index < -0.39 is 0 Å². The molecule has 0 atom stereocenters. The van der Waals surface area contributed by atoms with Crippen LogP contribution in [0.3, 0.4) is 0 Å². The lowest BCUT2D eigenvalue weighted by atomic mass is 10.2. The number of aryl methyl sites for hydroxylation is 1. The van der Waals surface area contributed by atoms with E-state index in [1.54, 1.807) is 23.5 Å². The molecule has 0 radical (unpaired) electrons. The molecule has 0 N–H and O–H groups in total. The maximum Gasteiger partial charge on any atom is 0.276 e. The van der Waals surface area contributed by atoms with E-state index in [1.807, 2.05) is 23.8 Å². The van der Waals surface area contributed by atoms with E-state index in [-0.39, 0.29) is 0 Å². The van der Waals surface area contributed by atoms with Gasteiger partial charge in [0.2, 0.25) is 5.82 Å². The smallest absolute Gasteiger partial charge is 0.276 e. The van der Waals surface area contributed by atoms with E-state index in [1.165, 1.54) is 6.20 Å². The van der Waals surface area contributed by atoms with Crippen molar-refractivity contribution in [3.63, 3.8) is 0 Å². The Balaban J connectivity index is 1.97. The van der Waals surface area contributed by atoms with E-state index in [9.17, 15) is 0 Å². The molecule has 3 aromatic rings. The van der Waals surface area contributed by atoms with Gasteiger partial charge in [0.15, 0.2) is 0 Å². The third kappa shape index (κ3) is 2.11. The van der Waals surface area contributed by atoms with Gasteiger partial charge in [0, 0.05) is 17.1 Å². The fourth-order valence-electron chi connectivity index (χ4n) is 1.61. The van der Waals surface area contributed by atoms with Crippen LogP contribution >= 0.6 is 11.3 Å². The molecule has 0 spiro atoms. The topological polar surface area (TPSA) is 75.6 Å². The van der Waals surface area contributed by atoms with E-state index in [2.05, 4.69) is 15.1 Å². The first-order chi connectivity index (χ1) is 9.28. The van der Waals surface area contributed by atoms with Crippen LogP contribution in [0.4, 0.5) is 0 Å². The van der Waals surface area contributed by atoms with Crippen molar-refractivity contribution in [2.75, 3.05) is 0 Å². The van der Waals surface area contributed by atoms with Crippen molar-refractivity contribution >= 4 is 11.3 Å². The molecule has 3 rings (SSSR count). The predicted molar refractivity (Wildman–Crippen MR) is 70.3 cm³/mol. The van der Waals surface area contributed by atoms with Crippen molar-refractivity contribution in [2.45, 2.75) is 6.92 Å². The Morgan fingerprint density at radius 1 is 1.32 bits per heavy atom. The highest BCUT2D eigenvalue weighted by Gasteiger charge is 2.13. The van der Waals surface area contributed by atoms with Gasteiger partial charge in [-0.2, -0.15) is 21.6 Å². The number of nitrogens with zero attached hydrogens (tertiary/aromatic N) is 4. The van der Waals surface area contributed by atoms with Crippen LogP contribution in [-0.4, -0.2) is 15.1 Å². The largest absolute Gasteiger partial charge is 0.332 e. The molecule has 0 aliphatic heterocycles. The summed E-state index contributed by atoms with van der Waals surface area (Å²) < 4.78 is 5.20. The summed E-state index contributed by atoms with van der Waals surface area (Å²) in [5, 5.41) is 16.7. The number of hydrogen-bond donors (Lipinski definition) is 0. The summed E-state index contributed by atoms with van der Waals surface area (Å²) in [6.07, 6.45) is 1.48. The highest BCUT2D eigenvalue weighted by atomic mass is 32.1. The van der Waals surface area contributed by atoms with Crippen LogP contribution < -0.4 is 0 Å². The highest BCUT2D eigenvalue weighted by molar-refractivity contribution is 7.08. The van der Waals surface area contributed by atoms with Crippen molar-refractivity contribution in [3.8, 4) is 29.0 Å². The quantitative estimate of drug-likeness (QED) is 0.714. The molecule has 3 aromatic heterocycles. The predicted octanol–water partition coefficient (Wildman–Crippen LogP) is 3.04. The number of rotatable bonds is 2. The number of aromatic nitrogens is 3. The van der Waals surface area contributed by atoms with Crippen molar-refractivity contribution in [3.05, 3.63) is 40.2 Å². The van der Waals surface area contributed by atoms with Gasteiger partial charge in [0.1, 0.15) is 11.8 Å². The minimum absolute atomic E-state index is 0.352. The van der Waals surface area contributed by atoms with Gasteiger partial charge < -0.3 is 4.52 Å². The second-order valence-corrected chi connectivity index (χ2v) is 4.68. The third-order valence-electron chi connectivity index (χ3n) is 2.63. The summed E-state index contributed by atoms with van der Waals surface area (Å²) in [6.45, 7) is 2.00. The highest BCUT2D eigenvalue weighted by Crippen LogP contribution is 2.26.